The number of halogens is 1. The van der Waals surface area contributed by atoms with Crippen molar-refractivity contribution in [2.75, 3.05) is 5.73 Å². The van der Waals surface area contributed by atoms with Crippen molar-refractivity contribution < 1.29 is 9.63 Å². The van der Waals surface area contributed by atoms with E-state index in [1.54, 1.807) is 42.5 Å². The monoisotopic (exact) mass is 287 g/mol. The summed E-state index contributed by atoms with van der Waals surface area (Å²) in [7, 11) is 0. The van der Waals surface area contributed by atoms with Crippen molar-refractivity contribution in [1.29, 1.82) is 0 Å². The number of aromatic nitrogens is 2. The van der Waals surface area contributed by atoms with Crippen molar-refractivity contribution in [1.82, 2.24) is 10.1 Å². The Labute approximate surface area is 119 Å². The number of nitrogen functional groups attached to an aromatic ring is 1. The number of hydrogen-bond donors (Lipinski definition) is 2. The maximum atomic E-state index is 9.45. The first-order valence-electron chi connectivity index (χ1n) is 5.82. The molecule has 0 amide bonds. The molecule has 0 saturated carbocycles. The van der Waals surface area contributed by atoms with E-state index < -0.39 is 0 Å². The van der Waals surface area contributed by atoms with Crippen molar-refractivity contribution in [2.24, 2.45) is 0 Å². The third-order valence-corrected chi connectivity index (χ3v) is 3.08. The van der Waals surface area contributed by atoms with Gasteiger partial charge in [-0.3, -0.25) is 0 Å². The molecule has 3 aromatic rings. The molecule has 1 aromatic heterocycles. The fourth-order valence-electron chi connectivity index (χ4n) is 1.80. The van der Waals surface area contributed by atoms with Gasteiger partial charge in [-0.25, -0.2) is 0 Å². The van der Waals surface area contributed by atoms with Gasteiger partial charge in [-0.1, -0.05) is 28.9 Å². The third kappa shape index (κ3) is 2.31. The highest BCUT2D eigenvalue weighted by atomic mass is 35.5. The van der Waals surface area contributed by atoms with E-state index >= 15 is 0 Å². The van der Waals surface area contributed by atoms with Gasteiger partial charge in [0.2, 0.25) is 5.82 Å². The van der Waals surface area contributed by atoms with Crippen LogP contribution in [0.4, 0.5) is 5.69 Å². The maximum absolute atomic E-state index is 9.45. The van der Waals surface area contributed by atoms with E-state index in [9.17, 15) is 5.11 Å². The highest BCUT2D eigenvalue weighted by Gasteiger charge is 2.14. The Kier molecular flexibility index (Phi) is 3.04. The molecule has 100 valence electrons. The van der Waals surface area contributed by atoms with Crippen molar-refractivity contribution in [3.05, 3.63) is 47.5 Å². The van der Waals surface area contributed by atoms with Crippen LogP contribution in [0.2, 0.25) is 5.02 Å². The molecule has 0 saturated heterocycles. The van der Waals surface area contributed by atoms with Crippen LogP contribution in [-0.4, -0.2) is 15.2 Å². The minimum atomic E-state index is 0.135. The maximum Gasteiger partial charge on any atom is 0.259 e. The number of phenols is 1. The molecule has 0 atom stereocenters. The van der Waals surface area contributed by atoms with Crippen LogP contribution in [0.25, 0.3) is 22.8 Å². The lowest BCUT2D eigenvalue weighted by Gasteiger charge is -1.99. The molecule has 1 heterocycles. The minimum absolute atomic E-state index is 0.135. The number of nitrogens with two attached hydrogens (primary N) is 1. The molecule has 0 radical (unpaired) electrons. The Balaban J connectivity index is 2.04. The zero-order chi connectivity index (χ0) is 14.1. The van der Waals surface area contributed by atoms with Gasteiger partial charge in [0.25, 0.3) is 5.89 Å². The molecule has 3 rings (SSSR count). The van der Waals surface area contributed by atoms with Crippen LogP contribution in [0.3, 0.4) is 0 Å². The summed E-state index contributed by atoms with van der Waals surface area (Å²) < 4.78 is 5.20. The largest absolute Gasteiger partial charge is 0.508 e. The van der Waals surface area contributed by atoms with E-state index in [0.717, 1.165) is 0 Å². The summed E-state index contributed by atoms with van der Waals surface area (Å²) in [5.41, 5.74) is 7.51. The van der Waals surface area contributed by atoms with E-state index in [-0.39, 0.29) is 11.6 Å². The van der Waals surface area contributed by atoms with Crippen molar-refractivity contribution >= 4 is 17.3 Å². The third-order valence-electron chi connectivity index (χ3n) is 2.75. The number of rotatable bonds is 2. The van der Waals surface area contributed by atoms with Crippen LogP contribution < -0.4 is 5.73 Å². The number of aromatic hydroxyl groups is 1. The second-order valence-corrected chi connectivity index (χ2v) is 4.62. The summed E-state index contributed by atoms with van der Waals surface area (Å²) in [6.07, 6.45) is 0. The molecule has 3 N–H and O–H groups in total. The summed E-state index contributed by atoms with van der Waals surface area (Å²) in [6.45, 7) is 0. The number of hydrogen-bond acceptors (Lipinski definition) is 5. The Hall–Kier alpha value is -2.53. The minimum Gasteiger partial charge on any atom is -0.508 e. The molecule has 0 bridgehead atoms. The van der Waals surface area contributed by atoms with Crippen LogP contribution in [0, 0.1) is 0 Å². The van der Waals surface area contributed by atoms with Crippen molar-refractivity contribution in [3.8, 4) is 28.6 Å². The van der Waals surface area contributed by atoms with Crippen LogP contribution in [-0.2, 0) is 0 Å². The fraction of sp³-hybridized carbons (Fsp3) is 0. The van der Waals surface area contributed by atoms with Gasteiger partial charge in [0.15, 0.2) is 0 Å². The van der Waals surface area contributed by atoms with Crippen molar-refractivity contribution in [3.63, 3.8) is 0 Å². The van der Waals surface area contributed by atoms with Gasteiger partial charge in [0, 0.05) is 11.3 Å². The highest BCUT2D eigenvalue weighted by molar-refractivity contribution is 6.33. The fourth-order valence-corrected chi connectivity index (χ4v) is 2.00. The average Bonchev–Trinajstić information content (AvgIpc) is 2.91. The van der Waals surface area contributed by atoms with Gasteiger partial charge in [-0.2, -0.15) is 4.98 Å². The molecule has 0 aliphatic heterocycles. The number of benzene rings is 2. The van der Waals surface area contributed by atoms with Crippen LogP contribution in [0.15, 0.2) is 47.0 Å². The summed E-state index contributed by atoms with van der Waals surface area (Å²) in [4.78, 5) is 4.26. The van der Waals surface area contributed by atoms with Gasteiger partial charge >= 0.3 is 0 Å². The zero-order valence-corrected chi connectivity index (χ0v) is 11.0. The normalized spacial score (nSPS) is 10.7. The first-order valence-corrected chi connectivity index (χ1v) is 6.20. The molecular weight excluding hydrogens is 278 g/mol. The highest BCUT2D eigenvalue weighted by Crippen LogP contribution is 2.30. The lowest BCUT2D eigenvalue weighted by atomic mass is 10.2. The Morgan fingerprint density at radius 2 is 2.00 bits per heavy atom. The lowest BCUT2D eigenvalue weighted by molar-refractivity contribution is 0.432. The predicted molar refractivity (Wildman–Crippen MR) is 76.3 cm³/mol. The standard InChI is InChI=1S/C14H10ClN3O2/c15-12-5-4-9(16)7-11(12)14-17-13(18-20-14)8-2-1-3-10(19)6-8/h1-7,19H,16H2. The van der Waals surface area contributed by atoms with Gasteiger partial charge in [0.05, 0.1) is 10.6 Å². The second-order valence-electron chi connectivity index (χ2n) is 4.21. The van der Waals surface area contributed by atoms with E-state index in [1.807, 2.05) is 0 Å². The molecule has 6 heteroatoms. The van der Waals surface area contributed by atoms with Crippen LogP contribution in [0.5, 0.6) is 5.75 Å². The topological polar surface area (TPSA) is 85.2 Å². The number of anilines is 1. The van der Waals surface area contributed by atoms with Gasteiger partial charge < -0.3 is 15.4 Å². The van der Waals surface area contributed by atoms with E-state index in [4.69, 9.17) is 21.9 Å². The summed E-state index contributed by atoms with van der Waals surface area (Å²) in [6, 6.07) is 11.6. The first-order chi connectivity index (χ1) is 9.63. The van der Waals surface area contributed by atoms with Gasteiger partial charge in [-0.05, 0) is 30.3 Å². The Morgan fingerprint density at radius 3 is 2.80 bits per heavy atom. The Bertz CT molecular complexity index is 771. The number of nitrogens with zero attached hydrogens (tertiary/aromatic N) is 2. The van der Waals surface area contributed by atoms with E-state index in [0.29, 0.717) is 27.7 Å². The molecule has 0 aliphatic carbocycles. The Morgan fingerprint density at radius 1 is 1.15 bits per heavy atom. The SMILES string of the molecule is Nc1ccc(Cl)c(-c2nc(-c3cccc(O)c3)no2)c1. The molecule has 0 fully saturated rings. The molecular formula is C14H10ClN3O2. The first kappa shape index (κ1) is 12.5. The summed E-state index contributed by atoms with van der Waals surface area (Å²) in [5.74, 6) is 0.783. The van der Waals surface area contributed by atoms with Crippen LogP contribution in [0.1, 0.15) is 0 Å². The number of phenolic OH excluding ortho intramolecular Hbond substituents is 1. The quantitative estimate of drug-likeness (QED) is 0.706. The zero-order valence-electron chi connectivity index (χ0n) is 10.2. The summed E-state index contributed by atoms with van der Waals surface area (Å²) in [5, 5.41) is 13.8. The molecule has 20 heavy (non-hydrogen) atoms. The van der Waals surface area contributed by atoms with E-state index in [1.165, 1.54) is 0 Å². The second kappa shape index (κ2) is 4.86. The van der Waals surface area contributed by atoms with Crippen molar-refractivity contribution in [2.45, 2.75) is 0 Å². The van der Waals surface area contributed by atoms with E-state index in [2.05, 4.69) is 10.1 Å². The molecule has 0 unspecified atom stereocenters. The van der Waals surface area contributed by atoms with Gasteiger partial charge in [0.1, 0.15) is 5.75 Å². The molecule has 0 spiro atoms. The smallest absolute Gasteiger partial charge is 0.259 e. The molecule has 2 aromatic carbocycles. The molecule has 0 aliphatic rings. The van der Waals surface area contributed by atoms with Gasteiger partial charge in [-0.15, -0.1) is 0 Å². The van der Waals surface area contributed by atoms with Crippen LogP contribution >= 0.6 is 11.6 Å². The molecule has 5 nitrogen and oxygen atoms in total. The summed E-state index contributed by atoms with van der Waals surface area (Å²) >= 11 is 6.09. The predicted octanol–water partition coefficient (Wildman–Crippen LogP) is 3.34. The lowest BCUT2D eigenvalue weighted by Crippen LogP contribution is -1.87. The average molecular weight is 288 g/mol.